The van der Waals surface area contributed by atoms with Gasteiger partial charge in [-0.15, -0.1) is 0 Å². The van der Waals surface area contributed by atoms with Crippen LogP contribution in [0.5, 0.6) is 0 Å². The summed E-state index contributed by atoms with van der Waals surface area (Å²) in [5.41, 5.74) is 5.33. The number of nitrogens with one attached hydrogen (secondary N) is 2. The van der Waals surface area contributed by atoms with Crippen molar-refractivity contribution >= 4 is 22.1 Å². The number of hydrogen-bond acceptors (Lipinski definition) is 4. The quantitative estimate of drug-likeness (QED) is 0.526. The largest absolute Gasteiger partial charge is 0.271 e. The smallest absolute Gasteiger partial charge is 0.258 e. The Morgan fingerprint density at radius 2 is 1.75 bits per heavy atom. The molecule has 2 aromatic carbocycles. The molecule has 0 aliphatic rings. The lowest BCUT2D eigenvalue weighted by Gasteiger charge is -2.19. The Bertz CT molecular complexity index is 936. The number of hydrogen-bond donors (Lipinski definition) is 2. The van der Waals surface area contributed by atoms with Crippen molar-refractivity contribution in [1.29, 1.82) is 0 Å². The summed E-state index contributed by atoms with van der Waals surface area (Å²) in [6.45, 7) is 7.70. The average molecular weight is 402 g/mol. The molecule has 6 nitrogen and oxygen atoms in total. The predicted molar refractivity (Wildman–Crippen MR) is 112 cm³/mol. The third kappa shape index (κ3) is 6.58. The Balaban J connectivity index is 2.11. The minimum Gasteiger partial charge on any atom is -0.271 e. The van der Waals surface area contributed by atoms with E-state index >= 15 is 0 Å². The summed E-state index contributed by atoms with van der Waals surface area (Å²) in [4.78, 5) is 12.7. The SMILES string of the molecule is Cc1ccc(S(=O)(=O)N[C@H](CC(C)C)C(=O)N/N=C\c2cccc(C)c2)cc1. The van der Waals surface area contributed by atoms with E-state index in [2.05, 4.69) is 15.2 Å². The summed E-state index contributed by atoms with van der Waals surface area (Å²) < 4.78 is 27.8. The minimum atomic E-state index is -3.81. The second kappa shape index (κ2) is 9.61. The molecule has 1 amide bonds. The molecule has 0 bridgehead atoms. The highest BCUT2D eigenvalue weighted by atomic mass is 32.2. The zero-order valence-corrected chi connectivity index (χ0v) is 17.5. The van der Waals surface area contributed by atoms with Gasteiger partial charge in [-0.25, -0.2) is 13.8 Å². The van der Waals surface area contributed by atoms with Crippen molar-refractivity contribution in [1.82, 2.24) is 10.1 Å². The minimum absolute atomic E-state index is 0.122. The fourth-order valence-electron chi connectivity index (χ4n) is 2.65. The monoisotopic (exact) mass is 401 g/mol. The third-order valence-electron chi connectivity index (χ3n) is 4.08. The third-order valence-corrected chi connectivity index (χ3v) is 5.57. The number of hydrazone groups is 1. The van der Waals surface area contributed by atoms with Gasteiger partial charge in [0.25, 0.3) is 5.91 Å². The molecule has 0 spiro atoms. The number of benzene rings is 2. The molecule has 7 heteroatoms. The Labute approximate surface area is 167 Å². The lowest BCUT2D eigenvalue weighted by Crippen LogP contribution is -2.46. The van der Waals surface area contributed by atoms with E-state index in [4.69, 9.17) is 0 Å². The molecule has 0 aliphatic carbocycles. The molecule has 0 heterocycles. The van der Waals surface area contributed by atoms with Crippen molar-refractivity contribution in [3.63, 3.8) is 0 Å². The highest BCUT2D eigenvalue weighted by Crippen LogP contribution is 2.13. The van der Waals surface area contributed by atoms with E-state index in [1.54, 1.807) is 12.1 Å². The zero-order valence-electron chi connectivity index (χ0n) is 16.6. The molecular weight excluding hydrogens is 374 g/mol. The number of carbonyl (C=O) groups excluding carboxylic acids is 1. The van der Waals surface area contributed by atoms with Crippen LogP contribution >= 0.6 is 0 Å². The van der Waals surface area contributed by atoms with Crippen LogP contribution in [-0.2, 0) is 14.8 Å². The van der Waals surface area contributed by atoms with E-state index in [1.165, 1.54) is 18.3 Å². The van der Waals surface area contributed by atoms with Crippen molar-refractivity contribution in [2.75, 3.05) is 0 Å². The van der Waals surface area contributed by atoms with Crippen LogP contribution in [0.2, 0.25) is 0 Å². The normalized spacial score (nSPS) is 13.0. The maximum atomic E-state index is 12.6. The second-order valence-corrected chi connectivity index (χ2v) is 8.98. The van der Waals surface area contributed by atoms with Gasteiger partial charge in [0.1, 0.15) is 6.04 Å². The summed E-state index contributed by atoms with van der Waals surface area (Å²) >= 11 is 0. The van der Waals surface area contributed by atoms with Gasteiger partial charge >= 0.3 is 0 Å². The molecule has 2 rings (SSSR count). The Kier molecular flexibility index (Phi) is 7.48. The van der Waals surface area contributed by atoms with Gasteiger partial charge in [-0.05, 0) is 43.9 Å². The molecule has 2 aromatic rings. The first-order valence-corrected chi connectivity index (χ1v) is 10.6. The molecule has 0 radical (unpaired) electrons. The van der Waals surface area contributed by atoms with Crippen molar-refractivity contribution < 1.29 is 13.2 Å². The van der Waals surface area contributed by atoms with Gasteiger partial charge in [0.05, 0.1) is 11.1 Å². The molecule has 28 heavy (non-hydrogen) atoms. The summed E-state index contributed by atoms with van der Waals surface area (Å²) in [5.74, 6) is -0.370. The predicted octanol–water partition coefficient (Wildman–Crippen LogP) is 3.15. The lowest BCUT2D eigenvalue weighted by molar-refractivity contribution is -0.123. The first kappa shape index (κ1) is 21.8. The summed E-state index contributed by atoms with van der Waals surface area (Å²) in [6, 6.07) is 13.2. The van der Waals surface area contributed by atoms with E-state index in [0.717, 1.165) is 16.7 Å². The number of aryl methyl sites for hydroxylation is 2. The van der Waals surface area contributed by atoms with Crippen molar-refractivity contribution in [3.05, 3.63) is 65.2 Å². The molecular formula is C21H27N3O3S. The average Bonchev–Trinajstić information content (AvgIpc) is 2.61. The molecule has 0 aliphatic heterocycles. The summed E-state index contributed by atoms with van der Waals surface area (Å²) in [6.07, 6.45) is 1.89. The van der Waals surface area contributed by atoms with Crippen molar-refractivity contribution in [3.8, 4) is 0 Å². The molecule has 1 atom stereocenters. The van der Waals surface area contributed by atoms with Gasteiger partial charge < -0.3 is 0 Å². The van der Waals surface area contributed by atoms with Gasteiger partial charge in [-0.3, -0.25) is 4.79 Å². The van der Waals surface area contributed by atoms with Crippen LogP contribution in [0.15, 0.2) is 58.5 Å². The van der Waals surface area contributed by atoms with E-state index in [0.29, 0.717) is 6.42 Å². The standard InChI is InChI=1S/C21H27N3O3S/c1-15(2)12-20(24-28(26,27)19-10-8-16(3)9-11-19)21(25)23-22-14-18-7-5-6-17(4)13-18/h5-11,13-15,20,24H,12H2,1-4H3,(H,23,25)/b22-14-/t20-/m1/s1. The molecule has 150 valence electrons. The van der Waals surface area contributed by atoms with E-state index in [9.17, 15) is 13.2 Å². The first-order chi connectivity index (χ1) is 13.2. The van der Waals surface area contributed by atoms with E-state index in [1.807, 2.05) is 52.0 Å². The Morgan fingerprint density at radius 1 is 1.07 bits per heavy atom. The molecule has 0 unspecified atom stereocenters. The first-order valence-electron chi connectivity index (χ1n) is 9.16. The van der Waals surface area contributed by atoms with E-state index < -0.39 is 22.0 Å². The highest BCUT2D eigenvalue weighted by molar-refractivity contribution is 7.89. The number of nitrogens with zero attached hydrogens (tertiary/aromatic N) is 1. The maximum absolute atomic E-state index is 12.6. The van der Waals surface area contributed by atoms with Crippen LogP contribution in [0.3, 0.4) is 0 Å². The lowest BCUT2D eigenvalue weighted by atomic mass is 10.0. The second-order valence-electron chi connectivity index (χ2n) is 7.26. The fraction of sp³-hybridized carbons (Fsp3) is 0.333. The summed E-state index contributed by atoms with van der Waals surface area (Å²) in [7, 11) is -3.81. The number of amides is 1. The molecule has 0 saturated heterocycles. The molecule has 0 aromatic heterocycles. The zero-order chi connectivity index (χ0) is 20.7. The fourth-order valence-corrected chi connectivity index (χ4v) is 3.86. The maximum Gasteiger partial charge on any atom is 0.258 e. The number of sulfonamides is 1. The van der Waals surface area contributed by atoms with Gasteiger partial charge in [-0.2, -0.15) is 9.82 Å². The van der Waals surface area contributed by atoms with Gasteiger partial charge in [-0.1, -0.05) is 61.4 Å². The van der Waals surface area contributed by atoms with Crippen LogP contribution in [0, 0.1) is 19.8 Å². The van der Waals surface area contributed by atoms with Crippen LogP contribution in [0.25, 0.3) is 0 Å². The number of carbonyl (C=O) groups is 1. The van der Waals surface area contributed by atoms with Crippen LogP contribution < -0.4 is 10.1 Å². The van der Waals surface area contributed by atoms with Gasteiger partial charge in [0.15, 0.2) is 0 Å². The molecule has 0 fully saturated rings. The van der Waals surface area contributed by atoms with Gasteiger partial charge in [0, 0.05) is 0 Å². The molecule has 0 saturated carbocycles. The highest BCUT2D eigenvalue weighted by Gasteiger charge is 2.26. The Morgan fingerprint density at radius 3 is 2.36 bits per heavy atom. The molecule has 2 N–H and O–H groups in total. The van der Waals surface area contributed by atoms with Gasteiger partial charge in [0.2, 0.25) is 10.0 Å². The van der Waals surface area contributed by atoms with Crippen molar-refractivity contribution in [2.24, 2.45) is 11.0 Å². The van der Waals surface area contributed by atoms with Crippen LogP contribution in [0.1, 0.15) is 37.0 Å². The topological polar surface area (TPSA) is 87.6 Å². The number of rotatable bonds is 8. The van der Waals surface area contributed by atoms with Crippen LogP contribution in [-0.4, -0.2) is 26.6 Å². The van der Waals surface area contributed by atoms with E-state index in [-0.39, 0.29) is 10.8 Å². The Hall–Kier alpha value is -2.51. The summed E-state index contributed by atoms with van der Waals surface area (Å²) in [5, 5.41) is 3.97. The van der Waals surface area contributed by atoms with Crippen LogP contribution in [0.4, 0.5) is 0 Å². The van der Waals surface area contributed by atoms with Crippen molar-refractivity contribution in [2.45, 2.75) is 45.1 Å².